The summed E-state index contributed by atoms with van der Waals surface area (Å²) >= 11 is 6.95. The first-order chi connectivity index (χ1) is 8.52. The van der Waals surface area contributed by atoms with E-state index in [4.69, 9.17) is 11.6 Å². The molecule has 0 radical (unpaired) electrons. The molecular weight excluding hydrogens is 278 g/mol. The Bertz CT molecular complexity index is 546. The van der Waals surface area contributed by atoms with Crippen LogP contribution in [-0.4, -0.2) is 30.5 Å². The molecular formula is C11H8ClNO4S. The summed E-state index contributed by atoms with van der Waals surface area (Å²) < 4.78 is 5.80. The average molecular weight is 286 g/mol. The maximum absolute atomic E-state index is 11.6. The SMILES string of the molecule is COC(=O)c1cc(Cl)cc(N2SCC(=O)C2=O)c1. The van der Waals surface area contributed by atoms with Gasteiger partial charge < -0.3 is 4.74 Å². The van der Waals surface area contributed by atoms with Gasteiger partial charge in [-0.2, -0.15) is 0 Å². The second kappa shape index (κ2) is 4.99. The van der Waals surface area contributed by atoms with E-state index in [9.17, 15) is 14.4 Å². The highest BCUT2D eigenvalue weighted by Gasteiger charge is 2.32. The Morgan fingerprint density at radius 3 is 2.67 bits per heavy atom. The van der Waals surface area contributed by atoms with Crippen LogP contribution >= 0.6 is 23.5 Å². The van der Waals surface area contributed by atoms with E-state index in [0.29, 0.717) is 10.7 Å². The molecule has 1 heterocycles. The molecule has 94 valence electrons. The van der Waals surface area contributed by atoms with Crippen molar-refractivity contribution >= 4 is 46.9 Å². The van der Waals surface area contributed by atoms with E-state index in [2.05, 4.69) is 4.74 Å². The summed E-state index contributed by atoms with van der Waals surface area (Å²) in [4.78, 5) is 34.2. The number of methoxy groups -OCH3 is 1. The molecule has 1 aromatic rings. The zero-order chi connectivity index (χ0) is 13.3. The molecule has 0 aliphatic carbocycles. The van der Waals surface area contributed by atoms with Gasteiger partial charge in [-0.1, -0.05) is 11.6 Å². The van der Waals surface area contributed by atoms with Gasteiger partial charge >= 0.3 is 11.9 Å². The Morgan fingerprint density at radius 1 is 1.39 bits per heavy atom. The maximum atomic E-state index is 11.6. The molecule has 0 atom stereocenters. The van der Waals surface area contributed by atoms with E-state index in [0.717, 1.165) is 11.9 Å². The predicted octanol–water partition coefficient (Wildman–Crippen LogP) is 1.69. The van der Waals surface area contributed by atoms with Crippen molar-refractivity contribution < 1.29 is 19.1 Å². The van der Waals surface area contributed by atoms with E-state index in [1.807, 2.05) is 0 Å². The molecule has 1 aliphatic heterocycles. The van der Waals surface area contributed by atoms with Gasteiger partial charge in [-0.05, 0) is 30.1 Å². The highest BCUT2D eigenvalue weighted by atomic mass is 35.5. The van der Waals surface area contributed by atoms with Crippen molar-refractivity contribution in [1.29, 1.82) is 0 Å². The molecule has 0 saturated carbocycles. The molecule has 0 N–H and O–H groups in total. The van der Waals surface area contributed by atoms with Gasteiger partial charge in [0.05, 0.1) is 24.1 Å². The van der Waals surface area contributed by atoms with E-state index in [1.165, 1.54) is 29.6 Å². The Hall–Kier alpha value is -1.53. The minimum absolute atomic E-state index is 0.0961. The minimum Gasteiger partial charge on any atom is -0.465 e. The predicted molar refractivity (Wildman–Crippen MR) is 67.7 cm³/mol. The third-order valence-electron chi connectivity index (χ3n) is 2.29. The van der Waals surface area contributed by atoms with Gasteiger partial charge in [0, 0.05) is 5.02 Å². The first-order valence-electron chi connectivity index (χ1n) is 4.92. The Morgan fingerprint density at radius 2 is 2.11 bits per heavy atom. The number of nitrogens with zero attached hydrogens (tertiary/aromatic N) is 1. The zero-order valence-electron chi connectivity index (χ0n) is 9.31. The fourth-order valence-corrected chi connectivity index (χ4v) is 2.55. The summed E-state index contributed by atoms with van der Waals surface area (Å²) in [5.41, 5.74) is 0.622. The van der Waals surface area contributed by atoms with Crippen LogP contribution in [0.1, 0.15) is 10.4 Å². The third kappa shape index (κ3) is 2.34. The van der Waals surface area contributed by atoms with Crippen LogP contribution in [0.3, 0.4) is 0 Å². The third-order valence-corrected chi connectivity index (χ3v) is 3.53. The lowest BCUT2D eigenvalue weighted by atomic mass is 10.2. The molecule has 1 amide bonds. The van der Waals surface area contributed by atoms with Gasteiger partial charge in [-0.25, -0.2) is 9.10 Å². The molecule has 18 heavy (non-hydrogen) atoms. The van der Waals surface area contributed by atoms with Crippen LogP contribution in [0.2, 0.25) is 5.02 Å². The van der Waals surface area contributed by atoms with Crippen molar-refractivity contribution in [1.82, 2.24) is 0 Å². The molecule has 0 bridgehead atoms. The Labute approximate surface area is 112 Å². The van der Waals surface area contributed by atoms with E-state index in [-0.39, 0.29) is 11.3 Å². The fraction of sp³-hybridized carbons (Fsp3) is 0.182. The maximum Gasteiger partial charge on any atom is 0.337 e. The summed E-state index contributed by atoms with van der Waals surface area (Å²) in [6.45, 7) is 0. The van der Waals surface area contributed by atoms with Crippen LogP contribution in [0.15, 0.2) is 18.2 Å². The van der Waals surface area contributed by atoms with Crippen molar-refractivity contribution in [2.45, 2.75) is 0 Å². The lowest BCUT2D eigenvalue weighted by Gasteiger charge is -2.14. The number of Topliss-reactive ketones (excluding diaryl/α,β-unsaturated/α-hetero) is 1. The Kier molecular flexibility index (Phi) is 3.58. The van der Waals surface area contributed by atoms with Crippen molar-refractivity contribution in [2.24, 2.45) is 0 Å². The van der Waals surface area contributed by atoms with E-state index >= 15 is 0 Å². The second-order valence-electron chi connectivity index (χ2n) is 3.49. The van der Waals surface area contributed by atoms with Gasteiger partial charge in [0.25, 0.3) is 0 Å². The van der Waals surface area contributed by atoms with E-state index in [1.54, 1.807) is 0 Å². The normalized spacial score (nSPS) is 15.1. The number of ether oxygens (including phenoxy) is 1. The molecule has 1 fully saturated rings. The molecule has 7 heteroatoms. The first-order valence-corrected chi connectivity index (χ1v) is 6.24. The number of hydrogen-bond acceptors (Lipinski definition) is 5. The average Bonchev–Trinajstić information content (AvgIpc) is 2.68. The molecule has 2 rings (SSSR count). The standard InChI is InChI=1S/C11H8ClNO4S/c1-17-11(16)6-2-7(12)4-8(3-6)13-10(15)9(14)5-18-13/h2-4H,5H2,1H3. The van der Waals surface area contributed by atoms with Crippen molar-refractivity contribution in [2.75, 3.05) is 17.2 Å². The van der Waals surface area contributed by atoms with Crippen LogP contribution in [0.4, 0.5) is 5.69 Å². The Balaban J connectivity index is 2.40. The number of hydrogen-bond donors (Lipinski definition) is 0. The number of amides is 1. The number of rotatable bonds is 2. The monoisotopic (exact) mass is 285 g/mol. The highest BCUT2D eigenvalue weighted by molar-refractivity contribution is 8.03. The number of carbonyl (C=O) groups excluding carboxylic acids is 3. The van der Waals surface area contributed by atoms with Gasteiger partial charge in [-0.15, -0.1) is 0 Å². The lowest BCUT2D eigenvalue weighted by molar-refractivity contribution is -0.133. The quantitative estimate of drug-likeness (QED) is 0.470. The fourth-order valence-electron chi connectivity index (χ4n) is 1.48. The largest absolute Gasteiger partial charge is 0.465 e. The lowest BCUT2D eigenvalue weighted by Crippen LogP contribution is -2.23. The molecule has 1 saturated heterocycles. The van der Waals surface area contributed by atoms with Gasteiger partial charge in [0.2, 0.25) is 5.78 Å². The number of halogens is 1. The van der Waals surface area contributed by atoms with Gasteiger partial charge in [0.1, 0.15) is 0 Å². The summed E-state index contributed by atoms with van der Waals surface area (Å²) in [5.74, 6) is -1.54. The summed E-state index contributed by atoms with van der Waals surface area (Å²) in [5, 5.41) is 0.292. The number of benzene rings is 1. The van der Waals surface area contributed by atoms with Gasteiger partial charge in [0.15, 0.2) is 0 Å². The van der Waals surface area contributed by atoms with Crippen molar-refractivity contribution in [3.63, 3.8) is 0 Å². The topological polar surface area (TPSA) is 63.7 Å². The molecule has 5 nitrogen and oxygen atoms in total. The first kappa shape index (κ1) is 12.9. The van der Waals surface area contributed by atoms with Gasteiger partial charge in [-0.3, -0.25) is 9.59 Å². The summed E-state index contributed by atoms with van der Waals surface area (Å²) in [6, 6.07) is 4.41. The van der Waals surface area contributed by atoms with Crippen LogP contribution in [0.25, 0.3) is 0 Å². The van der Waals surface area contributed by atoms with Crippen molar-refractivity contribution in [3.05, 3.63) is 28.8 Å². The second-order valence-corrected chi connectivity index (χ2v) is 4.83. The number of esters is 1. The minimum atomic E-state index is -0.613. The summed E-state index contributed by atoms with van der Waals surface area (Å²) in [7, 11) is 1.25. The van der Waals surface area contributed by atoms with Crippen LogP contribution in [0.5, 0.6) is 0 Å². The number of ketones is 1. The van der Waals surface area contributed by atoms with Crippen LogP contribution < -0.4 is 4.31 Å². The molecule has 0 unspecified atom stereocenters. The molecule has 0 aromatic heterocycles. The molecule has 1 aromatic carbocycles. The van der Waals surface area contributed by atoms with Crippen LogP contribution in [0, 0.1) is 0 Å². The molecule has 0 spiro atoms. The summed E-state index contributed by atoms with van der Waals surface area (Å²) in [6.07, 6.45) is 0. The van der Waals surface area contributed by atoms with Crippen molar-refractivity contribution in [3.8, 4) is 0 Å². The highest BCUT2D eigenvalue weighted by Crippen LogP contribution is 2.31. The number of anilines is 1. The van der Waals surface area contributed by atoms with E-state index < -0.39 is 17.7 Å². The number of carbonyl (C=O) groups is 3. The zero-order valence-corrected chi connectivity index (χ0v) is 10.9. The molecule has 1 aliphatic rings. The van der Waals surface area contributed by atoms with Crippen LogP contribution in [-0.2, 0) is 14.3 Å². The smallest absolute Gasteiger partial charge is 0.337 e.